The summed E-state index contributed by atoms with van der Waals surface area (Å²) in [5.41, 5.74) is 1.68. The monoisotopic (exact) mass is 304 g/mol. The van der Waals surface area contributed by atoms with Crippen LogP contribution in [0.2, 0.25) is 0 Å². The standard InChI is InChI=1S/C17H21ClN2O/c1-17(2,3)10-14(18)11-20-16(21)13-6-7-15-12(9-13)5-4-8-19-15/h4-9,14H,10-11H2,1-3H3,(H,20,21). The zero-order valence-corrected chi connectivity index (χ0v) is 13.4. The summed E-state index contributed by atoms with van der Waals surface area (Å²) in [5, 5.41) is 3.80. The van der Waals surface area contributed by atoms with Crippen LogP contribution in [0.15, 0.2) is 36.5 Å². The Morgan fingerprint density at radius 1 is 1.33 bits per heavy atom. The normalized spacial score (nSPS) is 13.1. The van der Waals surface area contributed by atoms with Crippen molar-refractivity contribution >= 4 is 28.4 Å². The molecule has 0 saturated heterocycles. The second-order valence-corrected chi connectivity index (χ2v) is 7.10. The number of nitrogens with one attached hydrogen (secondary N) is 1. The van der Waals surface area contributed by atoms with Crippen molar-refractivity contribution in [3.8, 4) is 0 Å². The summed E-state index contributed by atoms with van der Waals surface area (Å²) in [6.07, 6.45) is 2.60. The molecule has 0 radical (unpaired) electrons. The van der Waals surface area contributed by atoms with E-state index in [4.69, 9.17) is 11.6 Å². The number of amides is 1. The molecule has 1 heterocycles. The summed E-state index contributed by atoms with van der Waals surface area (Å²) in [7, 11) is 0. The van der Waals surface area contributed by atoms with Crippen LogP contribution in [0.1, 0.15) is 37.6 Å². The predicted molar refractivity (Wildman–Crippen MR) is 87.8 cm³/mol. The number of nitrogens with zero attached hydrogens (tertiary/aromatic N) is 1. The van der Waals surface area contributed by atoms with Gasteiger partial charge < -0.3 is 5.32 Å². The van der Waals surface area contributed by atoms with Gasteiger partial charge in [0.2, 0.25) is 0 Å². The Labute approximate surface area is 130 Å². The highest BCUT2D eigenvalue weighted by Gasteiger charge is 2.17. The van der Waals surface area contributed by atoms with Crippen LogP contribution in [-0.4, -0.2) is 22.8 Å². The van der Waals surface area contributed by atoms with Gasteiger partial charge in [-0.25, -0.2) is 0 Å². The molecule has 1 N–H and O–H groups in total. The fourth-order valence-corrected chi connectivity index (χ4v) is 2.80. The molecule has 1 unspecified atom stereocenters. The van der Waals surface area contributed by atoms with Gasteiger partial charge in [0.05, 0.1) is 10.9 Å². The molecule has 2 rings (SSSR count). The molecule has 112 valence electrons. The van der Waals surface area contributed by atoms with E-state index in [1.54, 1.807) is 12.3 Å². The minimum Gasteiger partial charge on any atom is -0.351 e. The molecule has 1 amide bonds. The molecular formula is C17H21ClN2O. The number of hydrogen-bond donors (Lipinski definition) is 1. The number of carbonyl (C=O) groups excluding carboxylic acids is 1. The summed E-state index contributed by atoms with van der Waals surface area (Å²) in [6, 6.07) is 9.31. The predicted octanol–water partition coefficient (Wildman–Crippen LogP) is 4.01. The van der Waals surface area contributed by atoms with E-state index in [1.807, 2.05) is 24.3 Å². The van der Waals surface area contributed by atoms with Crippen molar-refractivity contribution in [1.82, 2.24) is 10.3 Å². The van der Waals surface area contributed by atoms with Crippen molar-refractivity contribution in [2.45, 2.75) is 32.6 Å². The highest BCUT2D eigenvalue weighted by atomic mass is 35.5. The Balaban J connectivity index is 1.99. The van der Waals surface area contributed by atoms with Crippen LogP contribution in [0.3, 0.4) is 0 Å². The smallest absolute Gasteiger partial charge is 0.251 e. The van der Waals surface area contributed by atoms with Gasteiger partial charge in [-0.15, -0.1) is 11.6 Å². The first-order chi connectivity index (χ1) is 9.85. The van der Waals surface area contributed by atoms with Crippen LogP contribution < -0.4 is 5.32 Å². The van der Waals surface area contributed by atoms with Crippen molar-refractivity contribution in [3.05, 3.63) is 42.1 Å². The van der Waals surface area contributed by atoms with Crippen LogP contribution in [0.5, 0.6) is 0 Å². The number of aromatic nitrogens is 1. The van der Waals surface area contributed by atoms with Gasteiger partial charge >= 0.3 is 0 Å². The second kappa shape index (κ2) is 6.44. The van der Waals surface area contributed by atoms with Crippen LogP contribution in [0.4, 0.5) is 0 Å². The maximum absolute atomic E-state index is 12.2. The Morgan fingerprint density at radius 2 is 2.10 bits per heavy atom. The lowest BCUT2D eigenvalue weighted by Crippen LogP contribution is -2.31. The third kappa shape index (κ3) is 4.71. The minimum absolute atomic E-state index is 0.0592. The lowest BCUT2D eigenvalue weighted by Gasteiger charge is -2.22. The largest absolute Gasteiger partial charge is 0.351 e. The quantitative estimate of drug-likeness (QED) is 0.867. The average molecular weight is 305 g/mol. The lowest BCUT2D eigenvalue weighted by atomic mass is 9.90. The SMILES string of the molecule is CC(C)(C)CC(Cl)CNC(=O)c1ccc2ncccc2c1. The molecule has 4 heteroatoms. The average Bonchev–Trinajstić information content (AvgIpc) is 2.42. The zero-order valence-electron chi connectivity index (χ0n) is 12.7. The number of rotatable bonds is 4. The van der Waals surface area contributed by atoms with Gasteiger partial charge in [-0.1, -0.05) is 26.8 Å². The van der Waals surface area contributed by atoms with E-state index in [2.05, 4.69) is 31.1 Å². The first kappa shape index (κ1) is 15.8. The summed E-state index contributed by atoms with van der Waals surface area (Å²) >= 11 is 6.27. The van der Waals surface area contributed by atoms with E-state index in [-0.39, 0.29) is 16.7 Å². The number of hydrogen-bond acceptors (Lipinski definition) is 2. The molecule has 0 bridgehead atoms. The van der Waals surface area contributed by atoms with Crippen molar-refractivity contribution in [3.63, 3.8) is 0 Å². The minimum atomic E-state index is -0.0969. The van der Waals surface area contributed by atoms with Crippen molar-refractivity contribution in [2.24, 2.45) is 5.41 Å². The highest BCUT2D eigenvalue weighted by Crippen LogP contribution is 2.23. The lowest BCUT2D eigenvalue weighted by molar-refractivity contribution is 0.0952. The Kier molecular flexibility index (Phi) is 4.84. The van der Waals surface area contributed by atoms with Crippen LogP contribution in [-0.2, 0) is 0 Å². The summed E-state index contributed by atoms with van der Waals surface area (Å²) in [4.78, 5) is 16.4. The maximum Gasteiger partial charge on any atom is 0.251 e. The van der Waals surface area contributed by atoms with Crippen LogP contribution >= 0.6 is 11.6 Å². The van der Waals surface area contributed by atoms with Gasteiger partial charge in [0.15, 0.2) is 0 Å². The molecule has 0 saturated carbocycles. The van der Waals surface area contributed by atoms with Gasteiger partial charge in [0.25, 0.3) is 5.91 Å². The molecule has 1 atom stereocenters. The number of halogens is 1. The molecule has 2 aromatic rings. The molecule has 0 fully saturated rings. The third-order valence-electron chi connectivity index (χ3n) is 3.18. The third-order valence-corrected chi connectivity index (χ3v) is 3.49. The van der Waals surface area contributed by atoms with E-state index in [0.717, 1.165) is 17.3 Å². The first-order valence-electron chi connectivity index (χ1n) is 7.12. The van der Waals surface area contributed by atoms with E-state index in [1.165, 1.54) is 0 Å². The fraction of sp³-hybridized carbons (Fsp3) is 0.412. The van der Waals surface area contributed by atoms with Crippen LogP contribution in [0.25, 0.3) is 10.9 Å². The van der Waals surface area contributed by atoms with E-state index >= 15 is 0 Å². The number of pyridine rings is 1. The van der Waals surface area contributed by atoms with E-state index < -0.39 is 0 Å². The van der Waals surface area contributed by atoms with Gasteiger partial charge in [0.1, 0.15) is 0 Å². The Morgan fingerprint density at radius 3 is 2.81 bits per heavy atom. The second-order valence-electron chi connectivity index (χ2n) is 6.48. The Bertz CT molecular complexity index is 634. The summed E-state index contributed by atoms with van der Waals surface area (Å²) < 4.78 is 0. The van der Waals surface area contributed by atoms with Gasteiger partial charge in [-0.2, -0.15) is 0 Å². The zero-order chi connectivity index (χ0) is 15.5. The molecule has 0 spiro atoms. The Hall–Kier alpha value is -1.61. The highest BCUT2D eigenvalue weighted by molar-refractivity contribution is 6.21. The molecule has 3 nitrogen and oxygen atoms in total. The molecule has 0 aliphatic heterocycles. The summed E-state index contributed by atoms with van der Waals surface area (Å²) in [6.45, 7) is 6.89. The molecule has 1 aromatic carbocycles. The molecule has 0 aliphatic carbocycles. The number of fused-ring (bicyclic) bond motifs is 1. The first-order valence-corrected chi connectivity index (χ1v) is 7.56. The van der Waals surface area contributed by atoms with Gasteiger partial charge in [-0.05, 0) is 36.1 Å². The maximum atomic E-state index is 12.2. The fourth-order valence-electron chi connectivity index (χ4n) is 2.26. The summed E-state index contributed by atoms with van der Waals surface area (Å²) in [5.74, 6) is -0.0969. The van der Waals surface area contributed by atoms with Crippen LogP contribution in [0, 0.1) is 5.41 Å². The topological polar surface area (TPSA) is 42.0 Å². The van der Waals surface area contributed by atoms with E-state index in [0.29, 0.717) is 12.1 Å². The number of benzene rings is 1. The molecule has 21 heavy (non-hydrogen) atoms. The van der Waals surface area contributed by atoms with Crippen molar-refractivity contribution in [1.29, 1.82) is 0 Å². The van der Waals surface area contributed by atoms with Gasteiger partial charge in [0, 0.05) is 23.7 Å². The van der Waals surface area contributed by atoms with E-state index in [9.17, 15) is 4.79 Å². The van der Waals surface area contributed by atoms with Gasteiger partial charge in [-0.3, -0.25) is 9.78 Å². The number of carbonyl (C=O) groups is 1. The van der Waals surface area contributed by atoms with Crippen molar-refractivity contribution < 1.29 is 4.79 Å². The molecule has 0 aliphatic rings. The number of alkyl halides is 1. The molecule has 1 aromatic heterocycles. The van der Waals surface area contributed by atoms with Crippen molar-refractivity contribution in [2.75, 3.05) is 6.54 Å². The molecular weight excluding hydrogens is 284 g/mol.